The highest BCUT2D eigenvalue weighted by Gasteiger charge is 2.33. The second kappa shape index (κ2) is 11.1. The van der Waals surface area contributed by atoms with Gasteiger partial charge in [0.15, 0.2) is 0 Å². The van der Waals surface area contributed by atoms with Gasteiger partial charge in [0.1, 0.15) is 0 Å². The molecule has 11 heteroatoms. The van der Waals surface area contributed by atoms with Gasteiger partial charge in [-0.25, -0.2) is 17.5 Å². The fourth-order valence-corrected chi connectivity index (χ4v) is 6.14. The Hall–Kier alpha value is -1.84. The molecule has 3 rings (SSSR count). The van der Waals surface area contributed by atoms with E-state index in [4.69, 9.17) is 39.5 Å². The van der Waals surface area contributed by atoms with Gasteiger partial charge in [-0.05, 0) is 50.1 Å². The maximum Gasteiger partial charge on any atom is 0.338 e. The average molecular weight is 534 g/mol. The van der Waals surface area contributed by atoms with E-state index in [1.807, 2.05) is 0 Å². The summed E-state index contributed by atoms with van der Waals surface area (Å²) in [5, 5.41) is 3.47. The zero-order valence-electron chi connectivity index (χ0n) is 17.8. The molecule has 33 heavy (non-hydrogen) atoms. The number of amides is 1. The molecule has 0 bridgehead atoms. The number of halogens is 3. The van der Waals surface area contributed by atoms with Gasteiger partial charge in [-0.3, -0.25) is 4.79 Å². The van der Waals surface area contributed by atoms with E-state index in [1.54, 1.807) is 25.1 Å². The van der Waals surface area contributed by atoms with Crippen molar-refractivity contribution in [2.75, 3.05) is 25.0 Å². The monoisotopic (exact) mass is 532 g/mol. The van der Waals surface area contributed by atoms with Gasteiger partial charge in [0.05, 0.1) is 34.6 Å². The number of sulfonamides is 1. The highest BCUT2D eigenvalue weighted by atomic mass is 35.5. The fourth-order valence-electron chi connectivity index (χ4n) is 3.55. The van der Waals surface area contributed by atoms with Gasteiger partial charge < -0.3 is 10.1 Å². The number of esters is 1. The average Bonchev–Trinajstić information content (AvgIpc) is 2.78. The van der Waals surface area contributed by atoms with Crippen LogP contribution in [0, 0.1) is 5.92 Å². The van der Waals surface area contributed by atoms with Crippen molar-refractivity contribution in [3.05, 3.63) is 62.6 Å². The summed E-state index contributed by atoms with van der Waals surface area (Å²) in [5.41, 5.74) is 0.937. The molecular weight excluding hydrogens is 511 g/mol. The van der Waals surface area contributed by atoms with Gasteiger partial charge >= 0.3 is 5.97 Å². The fraction of sp³-hybridized carbons (Fsp3) is 0.364. The largest absolute Gasteiger partial charge is 0.462 e. The number of nitrogens with zero attached hydrogens (tertiary/aromatic N) is 1. The molecule has 1 heterocycles. The van der Waals surface area contributed by atoms with E-state index >= 15 is 0 Å². The van der Waals surface area contributed by atoms with Crippen molar-refractivity contribution >= 4 is 62.4 Å². The number of rotatable bonds is 7. The second-order valence-corrected chi connectivity index (χ2v) is 10.7. The summed E-state index contributed by atoms with van der Waals surface area (Å²) in [6.07, 6.45) is 1.06. The van der Waals surface area contributed by atoms with E-state index in [2.05, 4.69) is 5.32 Å². The van der Waals surface area contributed by atoms with Crippen molar-refractivity contribution in [1.29, 1.82) is 0 Å². The highest BCUT2D eigenvalue weighted by molar-refractivity contribution is 7.88. The minimum absolute atomic E-state index is 0.0365. The smallest absolute Gasteiger partial charge is 0.338 e. The molecule has 0 radical (unpaired) electrons. The number of benzene rings is 2. The normalized spacial score (nSPS) is 16.9. The van der Waals surface area contributed by atoms with Crippen molar-refractivity contribution in [3.63, 3.8) is 0 Å². The minimum Gasteiger partial charge on any atom is -0.462 e. The van der Waals surface area contributed by atoms with E-state index in [0.29, 0.717) is 30.6 Å². The van der Waals surface area contributed by atoms with Crippen LogP contribution in [0.1, 0.15) is 35.7 Å². The molecule has 1 unspecified atom stereocenters. The Bertz CT molecular complexity index is 1140. The number of carbonyl (C=O) groups excluding carboxylic acids is 2. The molecule has 1 atom stereocenters. The summed E-state index contributed by atoms with van der Waals surface area (Å²) in [6, 6.07) is 9.25. The zero-order chi connectivity index (χ0) is 24.2. The van der Waals surface area contributed by atoms with Crippen LogP contribution in [0.2, 0.25) is 15.1 Å². The van der Waals surface area contributed by atoms with Gasteiger partial charge in [-0.15, -0.1) is 0 Å². The number of anilines is 1. The standard InChI is InChI=1S/C22H23Cl3N2O5S/c1-2-32-22(29)14-8-9-20(19(25)11-14)26-21(28)15-5-4-10-27(12-15)33(30,31)13-16-17(23)6-3-7-18(16)24/h3,6-9,11,15H,2,4-5,10,12-13H2,1H3,(H,26,28). The van der Waals surface area contributed by atoms with Crippen molar-refractivity contribution < 1.29 is 22.7 Å². The van der Waals surface area contributed by atoms with Crippen LogP contribution < -0.4 is 5.32 Å². The molecule has 0 saturated carbocycles. The Morgan fingerprint density at radius 1 is 1.12 bits per heavy atom. The lowest BCUT2D eigenvalue weighted by molar-refractivity contribution is -0.120. The minimum atomic E-state index is -3.74. The summed E-state index contributed by atoms with van der Waals surface area (Å²) in [7, 11) is -3.74. The Balaban J connectivity index is 1.69. The lowest BCUT2D eigenvalue weighted by Crippen LogP contribution is -2.44. The maximum absolute atomic E-state index is 13.0. The molecule has 1 N–H and O–H groups in total. The molecule has 1 saturated heterocycles. The molecule has 0 aliphatic carbocycles. The maximum atomic E-state index is 13.0. The molecule has 2 aromatic carbocycles. The molecule has 1 aliphatic heterocycles. The van der Waals surface area contributed by atoms with Gasteiger partial charge in [0.25, 0.3) is 0 Å². The van der Waals surface area contributed by atoms with Gasteiger partial charge in [0.2, 0.25) is 15.9 Å². The summed E-state index contributed by atoms with van der Waals surface area (Å²) in [4.78, 5) is 24.7. The van der Waals surface area contributed by atoms with Crippen LogP contribution in [0.25, 0.3) is 0 Å². The number of nitrogens with one attached hydrogen (secondary N) is 1. The van der Waals surface area contributed by atoms with Crippen molar-refractivity contribution in [2.45, 2.75) is 25.5 Å². The van der Waals surface area contributed by atoms with E-state index in [9.17, 15) is 18.0 Å². The number of ether oxygens (including phenoxy) is 1. The van der Waals surface area contributed by atoms with Crippen LogP contribution in [0.15, 0.2) is 36.4 Å². The van der Waals surface area contributed by atoms with Gasteiger partial charge in [0, 0.05) is 28.7 Å². The Morgan fingerprint density at radius 2 is 1.82 bits per heavy atom. The summed E-state index contributed by atoms with van der Waals surface area (Å²) < 4.78 is 32.2. The van der Waals surface area contributed by atoms with Crippen LogP contribution in [0.4, 0.5) is 5.69 Å². The Morgan fingerprint density at radius 3 is 2.45 bits per heavy atom. The zero-order valence-corrected chi connectivity index (χ0v) is 20.9. The quantitative estimate of drug-likeness (QED) is 0.505. The molecule has 0 aromatic heterocycles. The Kier molecular flexibility index (Phi) is 8.64. The van der Waals surface area contributed by atoms with E-state index in [0.717, 1.165) is 0 Å². The van der Waals surface area contributed by atoms with E-state index in [1.165, 1.54) is 22.5 Å². The highest BCUT2D eigenvalue weighted by Crippen LogP contribution is 2.30. The van der Waals surface area contributed by atoms with Crippen LogP contribution in [-0.2, 0) is 25.3 Å². The van der Waals surface area contributed by atoms with Gasteiger partial charge in [-0.2, -0.15) is 0 Å². The van der Waals surface area contributed by atoms with Crippen LogP contribution in [0.5, 0.6) is 0 Å². The molecular formula is C22H23Cl3N2O5S. The Labute approximate surface area is 208 Å². The van der Waals surface area contributed by atoms with Crippen LogP contribution in [-0.4, -0.2) is 44.3 Å². The summed E-state index contributed by atoms with van der Waals surface area (Å²) in [5.74, 6) is -1.77. The molecule has 178 valence electrons. The summed E-state index contributed by atoms with van der Waals surface area (Å²) in [6.45, 7) is 2.28. The molecule has 1 amide bonds. The molecule has 7 nitrogen and oxygen atoms in total. The van der Waals surface area contributed by atoms with Crippen molar-refractivity contribution in [3.8, 4) is 0 Å². The first-order valence-corrected chi connectivity index (χ1v) is 13.0. The summed E-state index contributed by atoms with van der Waals surface area (Å²) >= 11 is 18.5. The lowest BCUT2D eigenvalue weighted by atomic mass is 9.98. The van der Waals surface area contributed by atoms with Crippen LogP contribution >= 0.6 is 34.8 Å². The molecule has 2 aromatic rings. The molecule has 0 spiro atoms. The van der Waals surface area contributed by atoms with Gasteiger partial charge in [-0.1, -0.05) is 40.9 Å². The number of piperidine rings is 1. The van der Waals surface area contributed by atoms with E-state index < -0.39 is 21.9 Å². The second-order valence-electron chi connectivity index (χ2n) is 7.56. The first kappa shape index (κ1) is 25.8. The molecule has 1 fully saturated rings. The lowest BCUT2D eigenvalue weighted by Gasteiger charge is -2.31. The number of carbonyl (C=O) groups is 2. The topological polar surface area (TPSA) is 92.8 Å². The number of hydrogen-bond donors (Lipinski definition) is 1. The predicted molar refractivity (Wildman–Crippen MR) is 129 cm³/mol. The van der Waals surface area contributed by atoms with Crippen molar-refractivity contribution in [1.82, 2.24) is 4.31 Å². The first-order chi connectivity index (χ1) is 15.6. The van der Waals surface area contributed by atoms with Crippen molar-refractivity contribution in [2.24, 2.45) is 5.92 Å². The molecule has 1 aliphatic rings. The van der Waals surface area contributed by atoms with Crippen LogP contribution in [0.3, 0.4) is 0 Å². The third kappa shape index (κ3) is 6.39. The third-order valence-electron chi connectivity index (χ3n) is 5.27. The number of hydrogen-bond acceptors (Lipinski definition) is 5. The van der Waals surface area contributed by atoms with E-state index in [-0.39, 0.29) is 45.4 Å². The third-order valence-corrected chi connectivity index (χ3v) is 8.07. The first-order valence-electron chi connectivity index (χ1n) is 10.3. The predicted octanol–water partition coefficient (Wildman–Crippen LogP) is 5.00. The SMILES string of the molecule is CCOC(=O)c1ccc(NC(=O)C2CCCN(S(=O)(=O)Cc3c(Cl)cccc3Cl)C2)c(Cl)c1.